The molecule has 1 amide bonds. The van der Waals surface area contributed by atoms with E-state index in [0.29, 0.717) is 10.2 Å². The Morgan fingerprint density at radius 1 is 0.854 bits per heavy atom. The largest absolute Gasteiger partial charge is 0.496 e. The van der Waals surface area contributed by atoms with Crippen molar-refractivity contribution in [3.8, 4) is 5.75 Å². The zero-order valence-corrected chi connectivity index (χ0v) is 25.1. The van der Waals surface area contributed by atoms with Crippen LogP contribution in [-0.4, -0.2) is 36.4 Å². The van der Waals surface area contributed by atoms with Gasteiger partial charge in [-0.2, -0.15) is 0 Å². The number of rotatable bonds is 10. The molecule has 13 heteroatoms. The third-order valence-electron chi connectivity index (χ3n) is 5.87. The standard InChI is InChI=1S/C28H25BrFN3O6S2/c1-19-3-11-23(12-4-19)33(41(37,38)25-15-16-27(39-2)26(29)17-25)18-28(34)31-21-9-13-24(14-10-21)40(35,36)32-22-7-5-20(30)6-8-22/h3-17,32H,18H2,1-2H3,(H,31,34). The lowest BCUT2D eigenvalue weighted by Gasteiger charge is -2.24. The first kappa shape index (κ1) is 30.0. The average Bonchev–Trinajstić information content (AvgIpc) is 2.93. The molecule has 0 radical (unpaired) electrons. The summed E-state index contributed by atoms with van der Waals surface area (Å²) in [7, 11) is -6.70. The molecule has 0 bridgehead atoms. The monoisotopic (exact) mass is 661 g/mol. The van der Waals surface area contributed by atoms with Crippen LogP contribution >= 0.6 is 15.9 Å². The molecule has 4 rings (SSSR count). The number of amides is 1. The fraction of sp³-hybridized carbons (Fsp3) is 0.107. The Morgan fingerprint density at radius 2 is 1.44 bits per heavy atom. The second-order valence-electron chi connectivity index (χ2n) is 8.83. The molecule has 214 valence electrons. The molecule has 0 aliphatic heterocycles. The minimum absolute atomic E-state index is 0.0539. The summed E-state index contributed by atoms with van der Waals surface area (Å²) < 4.78 is 74.8. The number of ether oxygens (including phenoxy) is 1. The van der Waals surface area contributed by atoms with Gasteiger partial charge < -0.3 is 10.1 Å². The van der Waals surface area contributed by atoms with Crippen molar-refractivity contribution in [1.29, 1.82) is 0 Å². The Hall–Kier alpha value is -3.94. The lowest BCUT2D eigenvalue weighted by atomic mass is 10.2. The van der Waals surface area contributed by atoms with Crippen LogP contribution in [0.4, 0.5) is 21.5 Å². The number of hydrogen-bond acceptors (Lipinski definition) is 6. The van der Waals surface area contributed by atoms with Gasteiger partial charge >= 0.3 is 0 Å². The quantitative estimate of drug-likeness (QED) is 0.230. The minimum atomic E-state index is -4.18. The Morgan fingerprint density at radius 3 is 2.02 bits per heavy atom. The number of nitrogens with zero attached hydrogens (tertiary/aromatic N) is 1. The molecular weight excluding hydrogens is 637 g/mol. The number of anilines is 3. The molecule has 0 fully saturated rings. The highest BCUT2D eigenvalue weighted by atomic mass is 79.9. The van der Waals surface area contributed by atoms with Crippen LogP contribution in [0.25, 0.3) is 0 Å². The molecule has 0 aromatic heterocycles. The fourth-order valence-electron chi connectivity index (χ4n) is 3.74. The highest BCUT2D eigenvalue weighted by Gasteiger charge is 2.28. The lowest BCUT2D eigenvalue weighted by Crippen LogP contribution is -2.38. The molecule has 41 heavy (non-hydrogen) atoms. The van der Waals surface area contributed by atoms with E-state index in [-0.39, 0.29) is 26.9 Å². The van der Waals surface area contributed by atoms with E-state index in [0.717, 1.165) is 22.0 Å². The maximum Gasteiger partial charge on any atom is 0.264 e. The lowest BCUT2D eigenvalue weighted by molar-refractivity contribution is -0.114. The van der Waals surface area contributed by atoms with E-state index in [4.69, 9.17) is 4.74 Å². The highest BCUT2D eigenvalue weighted by molar-refractivity contribution is 9.10. The van der Waals surface area contributed by atoms with Gasteiger partial charge in [0.05, 0.1) is 27.1 Å². The van der Waals surface area contributed by atoms with Crippen molar-refractivity contribution in [2.45, 2.75) is 16.7 Å². The number of nitrogens with one attached hydrogen (secondary N) is 2. The van der Waals surface area contributed by atoms with Gasteiger partial charge in [0.15, 0.2) is 0 Å². The van der Waals surface area contributed by atoms with Crippen LogP contribution in [0.2, 0.25) is 0 Å². The summed E-state index contributed by atoms with van der Waals surface area (Å²) in [5.74, 6) is -0.706. The van der Waals surface area contributed by atoms with E-state index in [1.807, 2.05) is 6.92 Å². The van der Waals surface area contributed by atoms with Crippen molar-refractivity contribution in [3.05, 3.63) is 107 Å². The van der Waals surface area contributed by atoms with E-state index in [9.17, 15) is 26.0 Å². The maximum atomic E-state index is 13.7. The first-order valence-electron chi connectivity index (χ1n) is 12.0. The molecule has 4 aromatic rings. The van der Waals surface area contributed by atoms with Crippen molar-refractivity contribution in [2.24, 2.45) is 0 Å². The van der Waals surface area contributed by atoms with Crippen molar-refractivity contribution in [2.75, 3.05) is 28.0 Å². The van der Waals surface area contributed by atoms with Crippen LogP contribution in [0.15, 0.2) is 105 Å². The number of methoxy groups -OCH3 is 1. The molecule has 0 aliphatic carbocycles. The number of benzene rings is 4. The van der Waals surface area contributed by atoms with E-state index in [2.05, 4.69) is 26.0 Å². The van der Waals surface area contributed by atoms with E-state index < -0.39 is 38.3 Å². The first-order chi connectivity index (χ1) is 19.4. The van der Waals surface area contributed by atoms with Crippen LogP contribution in [-0.2, 0) is 24.8 Å². The number of hydrogen-bond donors (Lipinski definition) is 2. The van der Waals surface area contributed by atoms with Gasteiger partial charge in [0.1, 0.15) is 18.1 Å². The average molecular weight is 663 g/mol. The molecule has 0 heterocycles. The van der Waals surface area contributed by atoms with Crippen molar-refractivity contribution < 1.29 is 30.8 Å². The predicted octanol–water partition coefficient (Wildman–Crippen LogP) is 5.54. The van der Waals surface area contributed by atoms with Gasteiger partial charge in [0.2, 0.25) is 5.91 Å². The summed E-state index contributed by atoms with van der Waals surface area (Å²) in [6.45, 7) is 1.30. The molecule has 0 unspecified atom stereocenters. The molecular formula is C28H25BrFN3O6S2. The number of carbonyl (C=O) groups is 1. The zero-order chi connectivity index (χ0) is 29.8. The third kappa shape index (κ3) is 7.23. The summed E-state index contributed by atoms with van der Waals surface area (Å²) in [5, 5.41) is 2.61. The van der Waals surface area contributed by atoms with Crippen LogP contribution < -0.4 is 19.1 Å². The van der Waals surface area contributed by atoms with Crippen molar-refractivity contribution in [3.63, 3.8) is 0 Å². The third-order valence-corrected chi connectivity index (χ3v) is 9.65. The SMILES string of the molecule is COc1ccc(S(=O)(=O)N(CC(=O)Nc2ccc(S(=O)(=O)Nc3ccc(F)cc3)cc2)c2ccc(C)cc2)cc1Br. The van der Waals surface area contributed by atoms with Gasteiger partial charge in [-0.3, -0.25) is 13.8 Å². The Labute approximate surface area is 246 Å². The molecule has 0 aliphatic rings. The molecule has 0 spiro atoms. The van der Waals surface area contributed by atoms with E-state index >= 15 is 0 Å². The van der Waals surface area contributed by atoms with Gasteiger partial charge in [-0.1, -0.05) is 17.7 Å². The zero-order valence-electron chi connectivity index (χ0n) is 21.8. The predicted molar refractivity (Wildman–Crippen MR) is 159 cm³/mol. The first-order valence-corrected chi connectivity index (χ1v) is 15.7. The van der Waals surface area contributed by atoms with Crippen LogP contribution in [0.5, 0.6) is 5.75 Å². The smallest absolute Gasteiger partial charge is 0.264 e. The molecule has 0 atom stereocenters. The number of aryl methyl sites for hydroxylation is 1. The Bertz CT molecular complexity index is 1770. The molecule has 0 saturated heterocycles. The molecule has 0 saturated carbocycles. The summed E-state index contributed by atoms with van der Waals surface area (Å²) in [6.07, 6.45) is 0. The summed E-state index contributed by atoms with van der Waals surface area (Å²) in [5.41, 5.74) is 1.63. The molecule has 9 nitrogen and oxygen atoms in total. The summed E-state index contributed by atoms with van der Waals surface area (Å²) in [4.78, 5) is 12.9. The van der Waals surface area contributed by atoms with Gasteiger partial charge in [0, 0.05) is 11.4 Å². The number of halogens is 2. The van der Waals surface area contributed by atoms with Gasteiger partial charge in [0.25, 0.3) is 20.0 Å². The molecule has 2 N–H and O–H groups in total. The van der Waals surface area contributed by atoms with Gasteiger partial charge in [-0.25, -0.2) is 21.2 Å². The van der Waals surface area contributed by atoms with Gasteiger partial charge in [-0.05, 0) is 102 Å². The van der Waals surface area contributed by atoms with Crippen molar-refractivity contribution >= 4 is 58.9 Å². The van der Waals surface area contributed by atoms with Gasteiger partial charge in [-0.15, -0.1) is 0 Å². The minimum Gasteiger partial charge on any atom is -0.496 e. The van der Waals surface area contributed by atoms with Crippen molar-refractivity contribution in [1.82, 2.24) is 0 Å². The highest BCUT2D eigenvalue weighted by Crippen LogP contribution is 2.31. The fourth-order valence-corrected chi connectivity index (χ4v) is 6.94. The van der Waals surface area contributed by atoms with Crippen LogP contribution in [0.3, 0.4) is 0 Å². The Kier molecular flexibility index (Phi) is 9.00. The van der Waals surface area contributed by atoms with Crippen LogP contribution in [0.1, 0.15) is 5.56 Å². The number of sulfonamides is 2. The topological polar surface area (TPSA) is 122 Å². The summed E-state index contributed by atoms with van der Waals surface area (Å²) in [6, 6.07) is 21.1. The second kappa shape index (κ2) is 12.3. The van der Waals surface area contributed by atoms with E-state index in [1.165, 1.54) is 61.7 Å². The second-order valence-corrected chi connectivity index (χ2v) is 13.2. The normalized spacial score (nSPS) is 11.5. The molecule has 4 aromatic carbocycles. The maximum absolute atomic E-state index is 13.7. The summed E-state index contributed by atoms with van der Waals surface area (Å²) >= 11 is 3.30. The van der Waals surface area contributed by atoms with E-state index in [1.54, 1.807) is 24.3 Å². The van der Waals surface area contributed by atoms with Crippen LogP contribution in [0, 0.1) is 12.7 Å². The number of carbonyl (C=O) groups excluding carboxylic acids is 1. The Balaban J connectivity index is 1.54.